The molecular formula is C11H22N2O2. The zero-order chi connectivity index (χ0) is 11.4. The average Bonchev–Trinajstić information content (AvgIpc) is 2.17. The molecule has 1 fully saturated rings. The third-order valence-electron chi connectivity index (χ3n) is 2.69. The molecule has 88 valence electrons. The highest BCUT2D eigenvalue weighted by Gasteiger charge is 2.26. The Balaban J connectivity index is 2.45. The molecule has 0 spiro atoms. The van der Waals surface area contributed by atoms with E-state index in [4.69, 9.17) is 10.5 Å². The van der Waals surface area contributed by atoms with Gasteiger partial charge in [0, 0.05) is 25.6 Å². The molecule has 2 N–H and O–H groups in total. The van der Waals surface area contributed by atoms with E-state index in [-0.39, 0.29) is 18.1 Å². The minimum absolute atomic E-state index is 0.0576. The Kier molecular flexibility index (Phi) is 4.54. The first-order valence-corrected chi connectivity index (χ1v) is 5.65. The van der Waals surface area contributed by atoms with Gasteiger partial charge in [-0.05, 0) is 12.8 Å². The number of carbonyl (C=O) groups is 1. The number of nitrogens with two attached hydrogens (primary N) is 1. The minimum atomic E-state index is -0.0576. The van der Waals surface area contributed by atoms with Crippen molar-refractivity contribution in [2.75, 3.05) is 19.7 Å². The fourth-order valence-electron chi connectivity index (χ4n) is 1.71. The molecule has 0 aromatic carbocycles. The molecule has 4 heteroatoms. The second-order valence-corrected chi connectivity index (χ2v) is 4.67. The Morgan fingerprint density at radius 1 is 1.53 bits per heavy atom. The number of hydrogen-bond acceptors (Lipinski definition) is 3. The van der Waals surface area contributed by atoms with Gasteiger partial charge in [0.2, 0.25) is 5.91 Å². The monoisotopic (exact) mass is 214 g/mol. The summed E-state index contributed by atoms with van der Waals surface area (Å²) >= 11 is 0. The molecule has 2 atom stereocenters. The van der Waals surface area contributed by atoms with E-state index in [0.29, 0.717) is 32.0 Å². The minimum Gasteiger partial charge on any atom is -0.374 e. The summed E-state index contributed by atoms with van der Waals surface area (Å²) in [5.41, 5.74) is 5.62. The maximum Gasteiger partial charge on any atom is 0.224 e. The second-order valence-electron chi connectivity index (χ2n) is 4.67. The van der Waals surface area contributed by atoms with E-state index in [1.165, 1.54) is 0 Å². The first-order chi connectivity index (χ1) is 7.00. The number of nitrogens with zero attached hydrogens (tertiary/aromatic N) is 1. The summed E-state index contributed by atoms with van der Waals surface area (Å²) in [6.07, 6.45) is 0.612. The van der Waals surface area contributed by atoms with Crippen LogP contribution in [0.4, 0.5) is 0 Å². The van der Waals surface area contributed by atoms with E-state index in [1.807, 2.05) is 11.8 Å². The number of hydrogen-bond donors (Lipinski definition) is 1. The van der Waals surface area contributed by atoms with E-state index in [2.05, 4.69) is 13.8 Å². The van der Waals surface area contributed by atoms with Crippen molar-refractivity contribution in [3.8, 4) is 0 Å². The fourth-order valence-corrected chi connectivity index (χ4v) is 1.71. The van der Waals surface area contributed by atoms with Gasteiger partial charge in [-0.15, -0.1) is 0 Å². The first kappa shape index (κ1) is 12.5. The van der Waals surface area contributed by atoms with Gasteiger partial charge in [0.25, 0.3) is 0 Å². The standard InChI is InChI=1S/C11H22N2O2/c1-8(2)10-7-13(4-5-15-10)11(14)6-9(3)12/h8-10H,4-7,12H2,1-3H3. The van der Waals surface area contributed by atoms with Crippen molar-refractivity contribution in [1.29, 1.82) is 0 Å². The number of morpholine rings is 1. The summed E-state index contributed by atoms with van der Waals surface area (Å²) in [6.45, 7) is 8.15. The molecule has 4 nitrogen and oxygen atoms in total. The van der Waals surface area contributed by atoms with Gasteiger partial charge in [-0.3, -0.25) is 4.79 Å². The van der Waals surface area contributed by atoms with Gasteiger partial charge in [0.1, 0.15) is 0 Å². The summed E-state index contributed by atoms with van der Waals surface area (Å²) in [6, 6.07) is -0.0576. The number of rotatable bonds is 3. The van der Waals surface area contributed by atoms with Crippen molar-refractivity contribution in [2.45, 2.75) is 39.3 Å². The van der Waals surface area contributed by atoms with Gasteiger partial charge >= 0.3 is 0 Å². The smallest absolute Gasteiger partial charge is 0.224 e. The summed E-state index contributed by atoms with van der Waals surface area (Å²) in [4.78, 5) is 13.6. The molecule has 0 bridgehead atoms. The third kappa shape index (κ3) is 3.80. The molecule has 1 rings (SSSR count). The molecule has 0 aromatic heterocycles. The lowest BCUT2D eigenvalue weighted by Crippen LogP contribution is -2.48. The normalized spacial score (nSPS) is 24.3. The molecule has 1 aliphatic rings. The van der Waals surface area contributed by atoms with Crippen molar-refractivity contribution in [3.05, 3.63) is 0 Å². The van der Waals surface area contributed by atoms with Crippen LogP contribution in [-0.2, 0) is 9.53 Å². The molecule has 1 amide bonds. The van der Waals surface area contributed by atoms with Crippen molar-refractivity contribution in [3.63, 3.8) is 0 Å². The highest BCUT2D eigenvalue weighted by molar-refractivity contribution is 5.76. The van der Waals surface area contributed by atoms with Gasteiger partial charge in [-0.2, -0.15) is 0 Å². The van der Waals surface area contributed by atoms with Gasteiger partial charge in [-0.25, -0.2) is 0 Å². The van der Waals surface area contributed by atoms with Crippen LogP contribution in [0.1, 0.15) is 27.2 Å². The van der Waals surface area contributed by atoms with E-state index in [9.17, 15) is 4.79 Å². The van der Waals surface area contributed by atoms with Crippen LogP contribution in [0.25, 0.3) is 0 Å². The zero-order valence-corrected chi connectivity index (χ0v) is 9.90. The van der Waals surface area contributed by atoms with E-state index in [1.54, 1.807) is 0 Å². The third-order valence-corrected chi connectivity index (χ3v) is 2.69. The van der Waals surface area contributed by atoms with Crippen LogP contribution in [0.2, 0.25) is 0 Å². The van der Waals surface area contributed by atoms with Crippen molar-refractivity contribution in [1.82, 2.24) is 4.90 Å². The predicted molar refractivity (Wildman–Crippen MR) is 59.4 cm³/mol. The molecule has 0 aromatic rings. The summed E-state index contributed by atoms with van der Waals surface area (Å²) in [7, 11) is 0. The maximum absolute atomic E-state index is 11.8. The molecular weight excluding hydrogens is 192 g/mol. The lowest BCUT2D eigenvalue weighted by Gasteiger charge is -2.35. The van der Waals surface area contributed by atoms with Crippen LogP contribution in [0, 0.1) is 5.92 Å². The maximum atomic E-state index is 11.8. The van der Waals surface area contributed by atoms with Gasteiger partial charge < -0.3 is 15.4 Å². The zero-order valence-electron chi connectivity index (χ0n) is 9.90. The summed E-state index contributed by atoms with van der Waals surface area (Å²) in [5.74, 6) is 0.606. The largest absolute Gasteiger partial charge is 0.374 e. The van der Waals surface area contributed by atoms with Crippen LogP contribution in [0.15, 0.2) is 0 Å². The van der Waals surface area contributed by atoms with Crippen molar-refractivity contribution >= 4 is 5.91 Å². The van der Waals surface area contributed by atoms with E-state index in [0.717, 1.165) is 0 Å². The fraction of sp³-hybridized carbons (Fsp3) is 0.909. The molecule has 1 aliphatic heterocycles. The summed E-state index contributed by atoms with van der Waals surface area (Å²) in [5, 5.41) is 0. The quantitative estimate of drug-likeness (QED) is 0.749. The molecule has 1 heterocycles. The Morgan fingerprint density at radius 2 is 2.20 bits per heavy atom. The second kappa shape index (κ2) is 5.47. The number of carbonyl (C=O) groups excluding carboxylic acids is 1. The first-order valence-electron chi connectivity index (χ1n) is 5.65. The molecule has 2 unspecified atom stereocenters. The van der Waals surface area contributed by atoms with Crippen LogP contribution in [0.5, 0.6) is 0 Å². The number of amides is 1. The Labute approximate surface area is 91.8 Å². The van der Waals surface area contributed by atoms with Crippen molar-refractivity contribution < 1.29 is 9.53 Å². The van der Waals surface area contributed by atoms with E-state index >= 15 is 0 Å². The summed E-state index contributed by atoms with van der Waals surface area (Å²) < 4.78 is 5.60. The van der Waals surface area contributed by atoms with Crippen LogP contribution in [0.3, 0.4) is 0 Å². The molecule has 0 aliphatic carbocycles. The van der Waals surface area contributed by atoms with Gasteiger partial charge in [0.05, 0.1) is 12.7 Å². The van der Waals surface area contributed by atoms with Crippen LogP contribution < -0.4 is 5.73 Å². The lowest BCUT2D eigenvalue weighted by molar-refractivity contribution is -0.140. The Bertz CT molecular complexity index is 217. The predicted octanol–water partition coefficient (Wildman–Crippen LogP) is 0.607. The highest BCUT2D eigenvalue weighted by atomic mass is 16.5. The lowest BCUT2D eigenvalue weighted by atomic mass is 10.1. The van der Waals surface area contributed by atoms with Gasteiger partial charge in [0.15, 0.2) is 0 Å². The highest BCUT2D eigenvalue weighted by Crippen LogP contribution is 2.14. The topological polar surface area (TPSA) is 55.6 Å². The molecule has 15 heavy (non-hydrogen) atoms. The van der Waals surface area contributed by atoms with E-state index < -0.39 is 0 Å². The molecule has 0 saturated carbocycles. The average molecular weight is 214 g/mol. The van der Waals surface area contributed by atoms with Gasteiger partial charge in [-0.1, -0.05) is 13.8 Å². The molecule has 1 saturated heterocycles. The Hall–Kier alpha value is -0.610. The Morgan fingerprint density at radius 3 is 2.73 bits per heavy atom. The molecule has 0 radical (unpaired) electrons. The number of ether oxygens (including phenoxy) is 1. The van der Waals surface area contributed by atoms with Crippen LogP contribution >= 0.6 is 0 Å². The van der Waals surface area contributed by atoms with Crippen molar-refractivity contribution in [2.24, 2.45) is 11.7 Å². The van der Waals surface area contributed by atoms with Crippen LogP contribution in [-0.4, -0.2) is 42.6 Å². The SMILES string of the molecule is CC(N)CC(=O)N1CCOC(C(C)C)C1.